The summed E-state index contributed by atoms with van der Waals surface area (Å²) in [4.78, 5) is 11.4. The molecule has 0 spiro atoms. The van der Waals surface area contributed by atoms with Gasteiger partial charge in [-0.15, -0.1) is 0 Å². The molecule has 0 saturated carbocycles. The van der Waals surface area contributed by atoms with Crippen LogP contribution in [0.1, 0.15) is 18.9 Å². The summed E-state index contributed by atoms with van der Waals surface area (Å²) < 4.78 is 16.6. The molecule has 2 saturated heterocycles. The van der Waals surface area contributed by atoms with Crippen molar-refractivity contribution >= 4 is 39.6 Å². The number of benzene rings is 3. The molecular weight excluding hydrogens is 473 g/mol. The number of hydrogen-bond donors (Lipinski definition) is 1. The summed E-state index contributed by atoms with van der Waals surface area (Å²) in [6.07, 6.45) is 1.00. The highest BCUT2D eigenvalue weighted by Gasteiger charge is 2.30. The quantitative estimate of drug-likeness (QED) is 0.350. The molecule has 2 aliphatic heterocycles. The number of nitrogens with zero attached hydrogens (tertiary/aromatic N) is 4. The van der Waals surface area contributed by atoms with Crippen LogP contribution < -0.4 is 5.32 Å². The van der Waals surface area contributed by atoms with Gasteiger partial charge >= 0.3 is 0 Å². The van der Waals surface area contributed by atoms with Crippen LogP contribution in [0.5, 0.6) is 0 Å². The Morgan fingerprint density at radius 2 is 1.89 bits per heavy atom. The average Bonchev–Trinajstić information content (AvgIpc) is 2.84. The molecule has 3 aromatic carbocycles. The first-order chi connectivity index (χ1) is 17.3. The van der Waals surface area contributed by atoms with Gasteiger partial charge in [0.15, 0.2) is 5.82 Å². The summed E-state index contributed by atoms with van der Waals surface area (Å²) in [6.45, 7) is 10.5. The zero-order valence-corrected chi connectivity index (χ0v) is 21.9. The minimum Gasteiger partial charge on any atom is -0.359 e. The maximum atomic E-state index is 16.6. The van der Waals surface area contributed by atoms with E-state index in [4.69, 9.17) is 16.6 Å². The number of halogens is 2. The fraction of sp³-hybridized carbons (Fsp3) is 0.345. The minimum atomic E-state index is -0.413. The highest BCUT2D eigenvalue weighted by atomic mass is 35.5. The first-order valence-electron chi connectivity index (χ1n) is 12.5. The van der Waals surface area contributed by atoms with Gasteiger partial charge in [0.2, 0.25) is 0 Å². The number of fused-ring (bicyclic) bond motifs is 1. The van der Waals surface area contributed by atoms with E-state index in [9.17, 15) is 0 Å². The number of hydrogen-bond acceptors (Lipinski definition) is 4. The van der Waals surface area contributed by atoms with E-state index >= 15 is 4.39 Å². The smallest absolute Gasteiger partial charge is 0.158 e. The lowest BCUT2D eigenvalue weighted by Gasteiger charge is -2.44. The van der Waals surface area contributed by atoms with E-state index in [0.29, 0.717) is 34.5 Å². The van der Waals surface area contributed by atoms with Gasteiger partial charge in [0.1, 0.15) is 11.5 Å². The van der Waals surface area contributed by atoms with Gasteiger partial charge in [0.25, 0.3) is 0 Å². The molecule has 36 heavy (non-hydrogen) atoms. The normalized spacial score (nSPS) is 17.1. The molecule has 0 atom stereocenters. The Labute approximate surface area is 217 Å². The third-order valence-electron chi connectivity index (χ3n) is 7.35. The van der Waals surface area contributed by atoms with E-state index in [1.54, 1.807) is 0 Å². The molecule has 0 unspecified atom stereocenters. The summed E-state index contributed by atoms with van der Waals surface area (Å²) in [5.74, 6) is 0.382. The fourth-order valence-electron chi connectivity index (χ4n) is 5.00. The monoisotopic (exact) mass is 505 g/mol. The second-order valence-corrected chi connectivity index (χ2v) is 10.3. The highest BCUT2D eigenvalue weighted by Crippen LogP contribution is 2.43. The molecule has 2 fully saturated rings. The molecule has 0 aliphatic carbocycles. The maximum Gasteiger partial charge on any atom is 0.158 e. The molecule has 0 aromatic heterocycles. The summed E-state index contributed by atoms with van der Waals surface area (Å²) in [6, 6.07) is 16.2. The summed E-state index contributed by atoms with van der Waals surface area (Å²) >= 11 is 6.84. The first-order valence-corrected chi connectivity index (χ1v) is 12.8. The Kier molecular flexibility index (Phi) is 7.02. The van der Waals surface area contributed by atoms with Crippen LogP contribution >= 0.6 is 11.6 Å². The van der Waals surface area contributed by atoms with Gasteiger partial charge in [0, 0.05) is 42.5 Å². The van der Waals surface area contributed by atoms with Crippen LogP contribution in [0.25, 0.3) is 27.6 Å². The van der Waals surface area contributed by atoms with Gasteiger partial charge in [0.05, 0.1) is 11.7 Å². The molecule has 188 valence electrons. The van der Waals surface area contributed by atoms with Crippen molar-refractivity contribution in [3.05, 3.63) is 71.5 Å². The van der Waals surface area contributed by atoms with Gasteiger partial charge in [-0.3, -0.25) is 5.32 Å². The summed E-state index contributed by atoms with van der Waals surface area (Å²) in [5.41, 5.74) is 2.80. The Balaban J connectivity index is 1.64. The van der Waals surface area contributed by atoms with Crippen molar-refractivity contribution < 1.29 is 4.39 Å². The molecule has 0 bridgehead atoms. The zero-order chi connectivity index (χ0) is 25.4. The van der Waals surface area contributed by atoms with Crippen LogP contribution in [0.4, 0.5) is 10.1 Å². The van der Waals surface area contributed by atoms with E-state index < -0.39 is 5.82 Å². The van der Waals surface area contributed by atoms with Crippen molar-refractivity contribution in [1.29, 1.82) is 0 Å². The van der Waals surface area contributed by atoms with E-state index in [-0.39, 0.29) is 0 Å². The second kappa shape index (κ2) is 10.2. The molecule has 2 heterocycles. The third-order valence-corrected chi connectivity index (χ3v) is 7.65. The predicted molar refractivity (Wildman–Crippen MR) is 149 cm³/mol. The molecule has 5 nitrogen and oxygen atoms in total. The number of nitrogens with one attached hydrogen (secondary N) is 1. The molecular formula is C29H33ClFN5. The Hall–Kier alpha value is -2.93. The largest absolute Gasteiger partial charge is 0.359 e. The van der Waals surface area contributed by atoms with Crippen molar-refractivity contribution in [3.63, 3.8) is 0 Å². The number of aliphatic imine (C=N–C) groups is 1. The van der Waals surface area contributed by atoms with Gasteiger partial charge < -0.3 is 14.7 Å². The van der Waals surface area contributed by atoms with Crippen molar-refractivity contribution in [3.8, 4) is 11.1 Å². The molecule has 3 aromatic rings. The van der Waals surface area contributed by atoms with Crippen LogP contribution in [0.2, 0.25) is 5.02 Å². The van der Waals surface area contributed by atoms with Crippen LogP contribution in [0.15, 0.2) is 60.1 Å². The van der Waals surface area contributed by atoms with E-state index in [0.717, 1.165) is 60.5 Å². The first kappa shape index (κ1) is 24.8. The fourth-order valence-corrected chi connectivity index (χ4v) is 5.29. The molecule has 5 rings (SSSR count). The SMILES string of the molecule is C=C(c1cc(Cl)c(-c2cccc3ccccc23)c(F)c1/N=C(\C)N1CC(N(C)C)C1)N1CCCNC1. The van der Waals surface area contributed by atoms with Gasteiger partial charge in [-0.1, -0.05) is 60.6 Å². The number of likely N-dealkylation sites (N-methyl/N-ethyl adjacent to an activating group) is 1. The van der Waals surface area contributed by atoms with Crippen LogP contribution in [0.3, 0.4) is 0 Å². The van der Waals surface area contributed by atoms with E-state index in [2.05, 4.69) is 40.7 Å². The molecule has 1 N–H and O–H groups in total. The number of rotatable bonds is 5. The molecule has 0 amide bonds. The highest BCUT2D eigenvalue weighted by molar-refractivity contribution is 6.34. The van der Waals surface area contributed by atoms with Gasteiger partial charge in [-0.2, -0.15) is 0 Å². The predicted octanol–water partition coefficient (Wildman–Crippen LogP) is 5.82. The lowest BCUT2D eigenvalue weighted by atomic mass is 9.95. The van der Waals surface area contributed by atoms with Crippen LogP contribution in [-0.4, -0.2) is 73.5 Å². The van der Waals surface area contributed by atoms with Crippen molar-refractivity contribution in [2.45, 2.75) is 19.4 Å². The second-order valence-electron chi connectivity index (χ2n) is 9.87. The molecule has 2 aliphatic rings. The Morgan fingerprint density at radius 1 is 1.14 bits per heavy atom. The zero-order valence-electron chi connectivity index (χ0n) is 21.2. The summed E-state index contributed by atoms with van der Waals surface area (Å²) in [7, 11) is 4.16. The van der Waals surface area contributed by atoms with Crippen molar-refractivity contribution in [2.75, 3.05) is 46.9 Å². The lowest BCUT2D eigenvalue weighted by molar-refractivity contribution is 0.123. The minimum absolute atomic E-state index is 0.295. The topological polar surface area (TPSA) is 34.1 Å². The lowest BCUT2D eigenvalue weighted by Crippen LogP contribution is -2.58. The average molecular weight is 506 g/mol. The Morgan fingerprint density at radius 3 is 2.61 bits per heavy atom. The standard InChI is InChI=1S/C29H33ClFN5/c1-19(35-14-8-13-32-18-35)25-15-26(30)27(24-12-7-10-21-9-5-6-11-23(21)24)28(31)29(25)33-20(2)36-16-22(17-36)34(3)4/h5-7,9-12,15,22,32H,1,8,13-14,16-18H2,2-4H3/b33-20+. The number of likely N-dealkylation sites (tertiary alicyclic amines) is 1. The van der Waals surface area contributed by atoms with Gasteiger partial charge in [-0.05, 0) is 56.4 Å². The van der Waals surface area contributed by atoms with Crippen molar-refractivity contribution in [1.82, 2.24) is 20.0 Å². The number of amidine groups is 1. The van der Waals surface area contributed by atoms with Crippen molar-refractivity contribution in [2.24, 2.45) is 4.99 Å². The third kappa shape index (κ3) is 4.61. The van der Waals surface area contributed by atoms with Crippen LogP contribution in [-0.2, 0) is 0 Å². The maximum absolute atomic E-state index is 16.6. The molecule has 0 radical (unpaired) electrons. The van der Waals surface area contributed by atoms with E-state index in [1.165, 1.54) is 0 Å². The van der Waals surface area contributed by atoms with Crippen LogP contribution in [0, 0.1) is 5.82 Å². The van der Waals surface area contributed by atoms with E-state index in [1.807, 2.05) is 55.5 Å². The van der Waals surface area contributed by atoms with Gasteiger partial charge in [-0.25, -0.2) is 9.38 Å². The Bertz CT molecular complexity index is 1320. The molecule has 7 heteroatoms. The summed E-state index contributed by atoms with van der Waals surface area (Å²) in [5, 5.41) is 5.72.